The minimum Gasteiger partial charge on any atom is -0.481 e. The molecular weight excluding hydrogens is 254 g/mol. The van der Waals surface area contributed by atoms with Crippen LogP contribution in [0.5, 0.6) is 0 Å². The molecule has 0 aliphatic heterocycles. The minimum absolute atomic E-state index is 0.0528. The van der Waals surface area contributed by atoms with Gasteiger partial charge in [-0.1, -0.05) is 18.6 Å². The van der Waals surface area contributed by atoms with Gasteiger partial charge in [-0.2, -0.15) is 0 Å². The molecule has 108 valence electrons. The van der Waals surface area contributed by atoms with Crippen LogP contribution in [0.4, 0.5) is 5.69 Å². The number of hydrogen-bond acceptors (Lipinski definition) is 2. The first-order valence-corrected chi connectivity index (χ1v) is 7.15. The molecule has 4 heteroatoms. The summed E-state index contributed by atoms with van der Waals surface area (Å²) in [6.07, 6.45) is 2.11. The summed E-state index contributed by atoms with van der Waals surface area (Å²) in [5.74, 6) is -1.81. The van der Waals surface area contributed by atoms with Gasteiger partial charge in [0.2, 0.25) is 5.91 Å². The van der Waals surface area contributed by atoms with Crippen LogP contribution in [0.1, 0.15) is 31.7 Å². The summed E-state index contributed by atoms with van der Waals surface area (Å²) in [6.45, 7) is 4.47. The SMILES string of the molecule is CCN(C(=O)C1CCCC1C(=O)O)c1cccc(C)c1. The van der Waals surface area contributed by atoms with Gasteiger partial charge >= 0.3 is 5.97 Å². The topological polar surface area (TPSA) is 57.6 Å². The average molecular weight is 275 g/mol. The van der Waals surface area contributed by atoms with Crippen LogP contribution in [0.3, 0.4) is 0 Å². The van der Waals surface area contributed by atoms with Crippen LogP contribution in [0.2, 0.25) is 0 Å². The van der Waals surface area contributed by atoms with Gasteiger partial charge in [0.25, 0.3) is 0 Å². The highest BCUT2D eigenvalue weighted by molar-refractivity contribution is 5.97. The molecule has 0 radical (unpaired) electrons. The van der Waals surface area contributed by atoms with Gasteiger partial charge in [0, 0.05) is 12.2 Å². The van der Waals surface area contributed by atoms with Gasteiger partial charge < -0.3 is 10.0 Å². The van der Waals surface area contributed by atoms with E-state index in [1.54, 1.807) is 4.90 Å². The Labute approximate surface area is 119 Å². The number of aliphatic carboxylic acids is 1. The van der Waals surface area contributed by atoms with E-state index >= 15 is 0 Å². The van der Waals surface area contributed by atoms with E-state index in [0.29, 0.717) is 19.4 Å². The molecule has 1 fully saturated rings. The molecule has 1 N–H and O–H groups in total. The maximum atomic E-state index is 12.7. The van der Waals surface area contributed by atoms with Gasteiger partial charge in [-0.15, -0.1) is 0 Å². The fraction of sp³-hybridized carbons (Fsp3) is 0.500. The Kier molecular flexibility index (Phi) is 4.42. The van der Waals surface area contributed by atoms with Crippen molar-refractivity contribution in [2.45, 2.75) is 33.1 Å². The Balaban J connectivity index is 2.23. The van der Waals surface area contributed by atoms with Crippen molar-refractivity contribution in [1.82, 2.24) is 0 Å². The number of benzene rings is 1. The van der Waals surface area contributed by atoms with Crippen molar-refractivity contribution in [2.75, 3.05) is 11.4 Å². The normalized spacial score (nSPS) is 21.7. The Morgan fingerprint density at radius 2 is 2.00 bits per heavy atom. The Morgan fingerprint density at radius 1 is 1.30 bits per heavy atom. The number of carbonyl (C=O) groups is 2. The Hall–Kier alpha value is -1.84. The van der Waals surface area contributed by atoms with E-state index in [0.717, 1.165) is 17.7 Å². The van der Waals surface area contributed by atoms with Gasteiger partial charge in [0.1, 0.15) is 0 Å². The molecule has 0 aromatic heterocycles. The van der Waals surface area contributed by atoms with E-state index in [9.17, 15) is 14.7 Å². The highest BCUT2D eigenvalue weighted by atomic mass is 16.4. The van der Waals surface area contributed by atoms with Crippen molar-refractivity contribution in [3.05, 3.63) is 29.8 Å². The van der Waals surface area contributed by atoms with Crippen LogP contribution in [0.15, 0.2) is 24.3 Å². The third-order valence-electron chi connectivity index (χ3n) is 4.05. The Bertz CT molecular complexity index is 512. The lowest BCUT2D eigenvalue weighted by molar-refractivity contribution is -0.145. The van der Waals surface area contributed by atoms with E-state index in [1.165, 1.54) is 0 Å². The predicted molar refractivity (Wildman–Crippen MR) is 77.7 cm³/mol. The number of carbonyl (C=O) groups excluding carboxylic acids is 1. The first kappa shape index (κ1) is 14.6. The summed E-state index contributed by atoms with van der Waals surface area (Å²) >= 11 is 0. The summed E-state index contributed by atoms with van der Waals surface area (Å²) in [4.78, 5) is 25.6. The first-order valence-electron chi connectivity index (χ1n) is 7.15. The number of anilines is 1. The molecule has 1 aliphatic rings. The molecule has 1 aromatic carbocycles. The van der Waals surface area contributed by atoms with E-state index < -0.39 is 11.9 Å². The molecular formula is C16H21NO3. The van der Waals surface area contributed by atoms with Crippen molar-refractivity contribution in [2.24, 2.45) is 11.8 Å². The second kappa shape index (κ2) is 6.07. The number of rotatable bonds is 4. The zero-order valence-corrected chi connectivity index (χ0v) is 12.0. The smallest absolute Gasteiger partial charge is 0.307 e. The summed E-state index contributed by atoms with van der Waals surface area (Å²) in [5.41, 5.74) is 1.95. The standard InChI is InChI=1S/C16H21NO3/c1-3-17(12-7-4-6-11(2)10-12)15(18)13-8-5-9-14(13)16(19)20/h4,6-7,10,13-14H,3,5,8-9H2,1-2H3,(H,19,20). The second-order valence-electron chi connectivity index (χ2n) is 5.40. The number of amides is 1. The molecule has 2 atom stereocenters. The van der Waals surface area contributed by atoms with Crippen LogP contribution in [0, 0.1) is 18.8 Å². The zero-order chi connectivity index (χ0) is 14.7. The van der Waals surface area contributed by atoms with Gasteiger partial charge in [-0.3, -0.25) is 9.59 Å². The van der Waals surface area contributed by atoms with Crippen LogP contribution in [-0.2, 0) is 9.59 Å². The molecule has 2 unspecified atom stereocenters. The molecule has 4 nitrogen and oxygen atoms in total. The fourth-order valence-corrected chi connectivity index (χ4v) is 3.01. The quantitative estimate of drug-likeness (QED) is 0.919. The van der Waals surface area contributed by atoms with Crippen molar-refractivity contribution in [3.8, 4) is 0 Å². The van der Waals surface area contributed by atoms with Crippen LogP contribution in [-0.4, -0.2) is 23.5 Å². The molecule has 0 bridgehead atoms. The van der Waals surface area contributed by atoms with Gasteiger partial charge in [0.05, 0.1) is 11.8 Å². The number of nitrogens with zero attached hydrogens (tertiary/aromatic N) is 1. The highest BCUT2D eigenvalue weighted by Crippen LogP contribution is 2.34. The number of carboxylic acid groups (broad SMARTS) is 1. The third-order valence-corrected chi connectivity index (χ3v) is 4.05. The molecule has 0 spiro atoms. The lowest BCUT2D eigenvalue weighted by Gasteiger charge is -2.26. The number of carboxylic acids is 1. The van der Waals surface area contributed by atoms with Crippen LogP contribution < -0.4 is 4.90 Å². The predicted octanol–water partition coefficient (Wildman–Crippen LogP) is 2.85. The third kappa shape index (κ3) is 2.84. The second-order valence-corrected chi connectivity index (χ2v) is 5.40. The van der Waals surface area contributed by atoms with Gasteiger partial charge in [-0.05, 0) is 44.4 Å². The maximum Gasteiger partial charge on any atom is 0.307 e. The van der Waals surface area contributed by atoms with E-state index in [-0.39, 0.29) is 11.8 Å². The molecule has 1 amide bonds. The molecule has 1 aromatic rings. The highest BCUT2D eigenvalue weighted by Gasteiger charge is 2.39. The maximum absolute atomic E-state index is 12.7. The molecule has 0 heterocycles. The number of aryl methyl sites for hydroxylation is 1. The molecule has 1 saturated carbocycles. The van der Waals surface area contributed by atoms with E-state index in [1.807, 2.05) is 38.1 Å². The van der Waals surface area contributed by atoms with Crippen molar-refractivity contribution in [3.63, 3.8) is 0 Å². The van der Waals surface area contributed by atoms with Crippen molar-refractivity contribution >= 4 is 17.6 Å². The van der Waals surface area contributed by atoms with E-state index in [4.69, 9.17) is 0 Å². The summed E-state index contributed by atoms with van der Waals surface area (Å²) in [7, 11) is 0. The summed E-state index contributed by atoms with van der Waals surface area (Å²) < 4.78 is 0. The van der Waals surface area contributed by atoms with Gasteiger partial charge in [0.15, 0.2) is 0 Å². The minimum atomic E-state index is -0.846. The largest absolute Gasteiger partial charge is 0.481 e. The van der Waals surface area contributed by atoms with Crippen LogP contribution in [0.25, 0.3) is 0 Å². The van der Waals surface area contributed by atoms with E-state index in [2.05, 4.69) is 0 Å². The van der Waals surface area contributed by atoms with Crippen molar-refractivity contribution < 1.29 is 14.7 Å². The molecule has 20 heavy (non-hydrogen) atoms. The summed E-state index contributed by atoms with van der Waals surface area (Å²) in [5, 5.41) is 9.23. The van der Waals surface area contributed by atoms with Crippen LogP contribution >= 0.6 is 0 Å². The first-order chi connectivity index (χ1) is 9.54. The molecule has 0 saturated heterocycles. The fourth-order valence-electron chi connectivity index (χ4n) is 3.01. The van der Waals surface area contributed by atoms with Crippen molar-refractivity contribution in [1.29, 1.82) is 0 Å². The lowest BCUT2D eigenvalue weighted by Crippen LogP contribution is -2.39. The molecule has 1 aliphatic carbocycles. The zero-order valence-electron chi connectivity index (χ0n) is 12.0. The lowest BCUT2D eigenvalue weighted by atomic mass is 9.94. The number of hydrogen-bond donors (Lipinski definition) is 1. The summed E-state index contributed by atoms with van der Waals surface area (Å²) in [6, 6.07) is 7.77. The van der Waals surface area contributed by atoms with Gasteiger partial charge in [-0.25, -0.2) is 0 Å². The Morgan fingerprint density at radius 3 is 2.60 bits per heavy atom. The monoisotopic (exact) mass is 275 g/mol. The average Bonchev–Trinajstić information content (AvgIpc) is 2.89. The molecule has 2 rings (SSSR count).